The van der Waals surface area contributed by atoms with Gasteiger partial charge in [0.25, 0.3) is 0 Å². The number of aryl methyl sites for hydroxylation is 1. The molecular formula is C62H58B2Br3N2O3P. The van der Waals surface area contributed by atoms with E-state index in [0.717, 1.165) is 69.9 Å². The number of ether oxygens (including phenoxy) is 1. The first-order chi connectivity index (χ1) is 35.8. The number of para-hydroxylation sites is 1. The highest BCUT2D eigenvalue weighted by Crippen LogP contribution is 2.57. The Bertz CT molecular complexity index is 3240. The molecule has 11 heteroatoms. The Labute approximate surface area is 458 Å². The second kappa shape index (κ2) is 22.7. The van der Waals surface area contributed by atoms with Crippen LogP contribution in [0.4, 0.5) is 17.1 Å². The van der Waals surface area contributed by atoms with Crippen molar-refractivity contribution in [2.75, 3.05) is 17.1 Å². The highest BCUT2D eigenvalue weighted by atomic mass is 79.9. The van der Waals surface area contributed by atoms with Gasteiger partial charge < -0.3 is 24.1 Å². The SMILES string of the molecule is Brc1ccc2c(c1)N1B(O2)c2ccccc2-c2ccccc21.Brc1ccc2c(c1)NB(c1ccccc1-c1ccccc1Br)O2.COc1cccc(C)c1-c1ccccc1P(C1CCCCC1)C1CCCCC1. The fourth-order valence-electron chi connectivity index (χ4n) is 11.7. The second-order valence-electron chi connectivity index (χ2n) is 19.6. The van der Waals surface area contributed by atoms with Crippen molar-refractivity contribution in [3.63, 3.8) is 0 Å². The van der Waals surface area contributed by atoms with E-state index in [2.05, 4.69) is 192 Å². The topological polar surface area (TPSA) is 43.0 Å². The molecule has 0 atom stereocenters. The maximum atomic E-state index is 6.25. The molecule has 1 N–H and O–H groups in total. The molecule has 73 heavy (non-hydrogen) atoms. The third-order valence-electron chi connectivity index (χ3n) is 15.1. The van der Waals surface area contributed by atoms with Gasteiger partial charge in [-0.25, -0.2) is 0 Å². The Morgan fingerprint density at radius 2 is 1.11 bits per heavy atom. The zero-order valence-electron chi connectivity index (χ0n) is 41.4. The van der Waals surface area contributed by atoms with Crippen LogP contribution < -0.4 is 40.3 Å². The van der Waals surface area contributed by atoms with Gasteiger partial charge in [0.1, 0.15) is 17.2 Å². The molecule has 0 radical (unpaired) electrons. The van der Waals surface area contributed by atoms with Crippen LogP contribution in [0.2, 0.25) is 0 Å². The Morgan fingerprint density at radius 1 is 0.534 bits per heavy atom. The third kappa shape index (κ3) is 10.4. The highest BCUT2D eigenvalue weighted by Gasteiger charge is 2.45. The summed E-state index contributed by atoms with van der Waals surface area (Å²) in [4.78, 5) is 2.29. The third-order valence-corrected chi connectivity index (χ3v) is 20.3. The van der Waals surface area contributed by atoms with Crippen molar-refractivity contribution in [3.8, 4) is 50.6 Å². The maximum Gasteiger partial charge on any atom is 0.524 e. The molecule has 366 valence electrons. The van der Waals surface area contributed by atoms with Gasteiger partial charge >= 0.3 is 14.1 Å². The van der Waals surface area contributed by atoms with Crippen LogP contribution in [0.15, 0.2) is 189 Å². The summed E-state index contributed by atoms with van der Waals surface area (Å²) in [6, 6.07) is 61.6. The van der Waals surface area contributed by atoms with Crippen LogP contribution in [0.5, 0.6) is 17.2 Å². The Morgan fingerprint density at radius 3 is 1.81 bits per heavy atom. The van der Waals surface area contributed by atoms with Gasteiger partial charge in [0.15, 0.2) is 0 Å². The predicted molar refractivity (Wildman–Crippen MR) is 321 cm³/mol. The van der Waals surface area contributed by atoms with Crippen molar-refractivity contribution in [3.05, 3.63) is 195 Å². The molecule has 3 aliphatic heterocycles. The first kappa shape index (κ1) is 49.9. The number of hydrogen-bond donors (Lipinski definition) is 1. The lowest BCUT2D eigenvalue weighted by Gasteiger charge is -2.39. The number of rotatable bonds is 7. The van der Waals surface area contributed by atoms with E-state index in [1.54, 1.807) is 5.30 Å². The van der Waals surface area contributed by atoms with Crippen LogP contribution in [-0.4, -0.2) is 32.5 Å². The van der Waals surface area contributed by atoms with E-state index >= 15 is 0 Å². The minimum atomic E-state index is -0.192. The normalized spacial score (nSPS) is 15.5. The molecule has 0 bridgehead atoms. The Balaban J connectivity index is 0.000000119. The first-order valence-corrected chi connectivity index (χ1v) is 29.7. The number of fused-ring (bicyclic) bond motifs is 9. The summed E-state index contributed by atoms with van der Waals surface area (Å²) in [5, 5.41) is 5.11. The van der Waals surface area contributed by atoms with Gasteiger partial charge in [0.05, 0.1) is 18.5 Å². The van der Waals surface area contributed by atoms with E-state index in [4.69, 9.17) is 14.0 Å². The Kier molecular flexibility index (Phi) is 15.5. The van der Waals surface area contributed by atoms with Gasteiger partial charge in [-0.1, -0.05) is 216 Å². The van der Waals surface area contributed by atoms with Crippen LogP contribution >= 0.6 is 55.7 Å². The van der Waals surface area contributed by atoms with Crippen LogP contribution in [0, 0.1) is 6.92 Å². The summed E-state index contributed by atoms with van der Waals surface area (Å²) >= 11 is 10.7. The summed E-state index contributed by atoms with van der Waals surface area (Å²) in [5.41, 5.74) is 16.4. The van der Waals surface area contributed by atoms with Crippen molar-refractivity contribution < 1.29 is 14.0 Å². The number of methoxy groups -OCH3 is 1. The highest BCUT2D eigenvalue weighted by molar-refractivity contribution is 9.11. The van der Waals surface area contributed by atoms with E-state index in [-0.39, 0.29) is 22.0 Å². The smallest absolute Gasteiger partial charge is 0.524 e. The molecule has 0 saturated heterocycles. The molecule has 0 amide bonds. The van der Waals surface area contributed by atoms with E-state index in [0.29, 0.717) is 0 Å². The average Bonchev–Trinajstić information content (AvgIpc) is 4.04. The lowest BCUT2D eigenvalue weighted by Crippen LogP contribution is -2.50. The van der Waals surface area contributed by atoms with Gasteiger partial charge in [-0.15, -0.1) is 0 Å². The first-order valence-electron chi connectivity index (χ1n) is 25.9. The zero-order chi connectivity index (χ0) is 49.8. The largest absolute Gasteiger partial charge is 0.536 e. The van der Waals surface area contributed by atoms with Crippen molar-refractivity contribution >= 4 is 103 Å². The van der Waals surface area contributed by atoms with Gasteiger partial charge in [-0.05, 0) is 143 Å². The minimum absolute atomic E-state index is 0.0876. The van der Waals surface area contributed by atoms with Crippen LogP contribution in [0.3, 0.4) is 0 Å². The van der Waals surface area contributed by atoms with E-state index in [9.17, 15) is 0 Å². The van der Waals surface area contributed by atoms with E-state index < -0.39 is 0 Å². The fraction of sp³-hybridized carbons (Fsp3) is 0.226. The molecule has 0 spiro atoms. The van der Waals surface area contributed by atoms with Crippen LogP contribution in [-0.2, 0) is 0 Å². The number of halogens is 3. The summed E-state index contributed by atoms with van der Waals surface area (Å²) in [5.74, 6) is 2.83. The molecule has 3 heterocycles. The molecule has 8 aromatic carbocycles. The summed E-state index contributed by atoms with van der Waals surface area (Å²) in [7, 11) is 1.41. The number of nitrogens with one attached hydrogen (secondary N) is 1. The molecule has 0 aromatic heterocycles. The molecule has 0 unspecified atom stereocenters. The monoisotopic (exact) mass is 1170 g/mol. The van der Waals surface area contributed by atoms with Crippen molar-refractivity contribution in [2.24, 2.45) is 0 Å². The lowest BCUT2D eigenvalue weighted by molar-refractivity contribution is 0.416. The maximum absolute atomic E-state index is 6.25. The van der Waals surface area contributed by atoms with Crippen LogP contribution in [0.25, 0.3) is 33.4 Å². The number of hydrogen-bond acceptors (Lipinski definition) is 5. The van der Waals surface area contributed by atoms with Gasteiger partial charge in [-0.2, -0.15) is 0 Å². The average molecular weight is 1170 g/mol. The Hall–Kier alpha value is -5.24. The number of anilines is 3. The number of nitrogens with zero attached hydrogens (tertiary/aromatic N) is 1. The molecule has 5 nitrogen and oxygen atoms in total. The molecule has 2 fully saturated rings. The van der Waals surface area contributed by atoms with Gasteiger partial charge in [0.2, 0.25) is 0 Å². The second-order valence-corrected chi connectivity index (χ2v) is 25.0. The quantitative estimate of drug-likeness (QED) is 0.127. The molecule has 8 aromatic rings. The molecule has 5 aliphatic rings. The fourth-order valence-corrected chi connectivity index (χ4v) is 16.8. The van der Waals surface area contributed by atoms with E-state index in [1.165, 1.54) is 103 Å². The van der Waals surface area contributed by atoms with E-state index in [1.807, 2.05) is 55.6 Å². The van der Waals surface area contributed by atoms with Crippen LogP contribution in [0.1, 0.15) is 69.8 Å². The van der Waals surface area contributed by atoms with Crippen molar-refractivity contribution in [1.29, 1.82) is 0 Å². The molecule has 2 aliphatic carbocycles. The van der Waals surface area contributed by atoms with Crippen molar-refractivity contribution in [1.82, 2.24) is 0 Å². The zero-order valence-corrected chi connectivity index (χ0v) is 47.0. The minimum Gasteiger partial charge on any atom is -0.536 e. The number of benzene rings is 8. The standard InChI is InChI=1S/C26H35OP.C18H12BBr2NO.C18H11BBrNO/c1-20-12-11-18-24(27-2)26(20)23-17-9-10-19-25(23)28(21-13-5-3-6-14-21)22-15-7-4-8-16-22;20-12-9-10-18-17(11-12)22-19(23-18)15-7-3-1-5-13(15)14-6-2-4-8-16(14)21;20-12-9-10-18-17(11-12)21-16-8-4-2-6-14(16)13-5-1-3-7-15(13)19(21)22-18/h9-12,17-19,21-22H,3-8,13-16H2,1-2H3;1-11,22H;1-11H. The predicted octanol–water partition coefficient (Wildman–Crippen LogP) is 16.9. The van der Waals surface area contributed by atoms with Crippen molar-refractivity contribution in [2.45, 2.75) is 82.4 Å². The summed E-state index contributed by atoms with van der Waals surface area (Å²) in [6.45, 7) is 2.23. The van der Waals surface area contributed by atoms with Gasteiger partial charge in [-0.3, -0.25) is 0 Å². The summed E-state index contributed by atoms with van der Waals surface area (Å²) in [6.07, 6.45) is 14.4. The van der Waals surface area contributed by atoms with Gasteiger partial charge in [0, 0.05) is 30.2 Å². The molecule has 2 saturated carbocycles. The molecular weight excluding hydrogens is 1110 g/mol. The lowest BCUT2D eigenvalue weighted by atomic mass is 9.65. The molecule has 13 rings (SSSR count). The summed E-state index contributed by atoms with van der Waals surface area (Å²) < 4.78 is 21.3.